The molecule has 0 aliphatic carbocycles. The number of aromatic nitrogens is 1. The molecule has 3 nitrogen and oxygen atoms in total. The van der Waals surface area contributed by atoms with Crippen LogP contribution >= 0.6 is 27.5 Å². The number of carbonyl (C=O) groups excluding carboxylic acids is 1. The van der Waals surface area contributed by atoms with Crippen molar-refractivity contribution in [2.24, 2.45) is 0 Å². The van der Waals surface area contributed by atoms with E-state index in [1.165, 1.54) is 7.11 Å². The Balaban J connectivity index is 2.80. The summed E-state index contributed by atoms with van der Waals surface area (Å²) in [4.78, 5) is 11.4. The zero-order valence-electron chi connectivity index (χ0n) is 5.83. The molecule has 11 heavy (non-hydrogen) atoms. The molecule has 60 valence electrons. The van der Waals surface area contributed by atoms with E-state index in [0.717, 1.165) is 17.2 Å². The van der Waals surface area contributed by atoms with Gasteiger partial charge in [0, 0.05) is 5.33 Å². The smallest absolute Gasteiger partial charge is 0.349 e. The summed E-state index contributed by atoms with van der Waals surface area (Å²) in [6, 6.07) is 1.71. The molecule has 1 heterocycles. The Bertz CT molecular complexity index is 261. The first-order valence-electron chi connectivity index (χ1n) is 2.87. The molecule has 0 fully saturated rings. The van der Waals surface area contributed by atoms with Crippen molar-refractivity contribution < 1.29 is 9.53 Å². The average molecular weight is 236 g/mol. The Morgan fingerprint density at radius 2 is 2.64 bits per heavy atom. The van der Waals surface area contributed by atoms with E-state index < -0.39 is 0 Å². The van der Waals surface area contributed by atoms with E-state index in [4.69, 9.17) is 0 Å². The molecule has 0 aliphatic heterocycles. The van der Waals surface area contributed by atoms with Gasteiger partial charge >= 0.3 is 5.97 Å². The van der Waals surface area contributed by atoms with Gasteiger partial charge in [0.25, 0.3) is 0 Å². The first-order valence-corrected chi connectivity index (χ1v) is 4.77. The molecule has 1 aromatic heterocycles. The molecule has 0 spiro atoms. The van der Waals surface area contributed by atoms with Crippen LogP contribution in [0, 0.1) is 0 Å². The van der Waals surface area contributed by atoms with Gasteiger partial charge in [0.1, 0.15) is 4.88 Å². The fourth-order valence-electron chi connectivity index (χ4n) is 0.572. The zero-order valence-corrected chi connectivity index (χ0v) is 8.24. The van der Waals surface area contributed by atoms with E-state index in [-0.39, 0.29) is 5.97 Å². The highest BCUT2D eigenvalue weighted by molar-refractivity contribution is 9.08. The third-order valence-electron chi connectivity index (χ3n) is 1.08. The number of halogens is 1. The van der Waals surface area contributed by atoms with Crippen molar-refractivity contribution in [2.75, 3.05) is 7.11 Å². The van der Waals surface area contributed by atoms with Crippen molar-refractivity contribution in [1.29, 1.82) is 0 Å². The second-order valence-electron chi connectivity index (χ2n) is 1.81. The lowest BCUT2D eigenvalue weighted by Crippen LogP contribution is -1.96. The maximum atomic E-state index is 10.9. The van der Waals surface area contributed by atoms with Crippen molar-refractivity contribution in [2.45, 2.75) is 5.33 Å². The molecule has 0 aliphatic rings. The summed E-state index contributed by atoms with van der Waals surface area (Å²) in [5, 5.41) is 0.667. The largest absolute Gasteiger partial charge is 0.465 e. The second kappa shape index (κ2) is 3.82. The van der Waals surface area contributed by atoms with E-state index in [1.807, 2.05) is 0 Å². The molecule has 0 bridgehead atoms. The summed E-state index contributed by atoms with van der Waals surface area (Å²) in [7, 11) is 1.36. The van der Waals surface area contributed by atoms with Crippen LogP contribution in [0.5, 0.6) is 0 Å². The molecular weight excluding hydrogens is 230 g/mol. The standard InChI is InChI=1S/C6H6BrNO2S/c1-10-6(9)5-2-4(3-7)8-11-5/h2H,3H2,1H3. The number of rotatable bonds is 2. The quantitative estimate of drug-likeness (QED) is 0.580. The van der Waals surface area contributed by atoms with Gasteiger partial charge in [-0.15, -0.1) is 0 Å². The highest BCUT2D eigenvalue weighted by atomic mass is 79.9. The molecule has 1 aromatic rings. The fraction of sp³-hybridized carbons (Fsp3) is 0.333. The van der Waals surface area contributed by atoms with E-state index in [2.05, 4.69) is 25.0 Å². The van der Waals surface area contributed by atoms with Gasteiger partial charge in [-0.3, -0.25) is 0 Å². The lowest BCUT2D eigenvalue weighted by atomic mass is 10.4. The van der Waals surface area contributed by atoms with Crippen LogP contribution in [0.3, 0.4) is 0 Å². The van der Waals surface area contributed by atoms with Crippen LogP contribution in [-0.4, -0.2) is 17.5 Å². The van der Waals surface area contributed by atoms with Crippen molar-refractivity contribution >= 4 is 33.4 Å². The molecule has 0 atom stereocenters. The van der Waals surface area contributed by atoms with Crippen LogP contribution in [0.1, 0.15) is 15.4 Å². The molecule has 0 N–H and O–H groups in total. The Hall–Kier alpha value is -0.420. The number of methoxy groups -OCH3 is 1. The summed E-state index contributed by atoms with van der Waals surface area (Å²) in [5.74, 6) is -0.324. The molecule has 0 saturated heterocycles. The fourth-order valence-corrected chi connectivity index (χ4v) is 1.70. The third-order valence-corrected chi connectivity index (χ3v) is 2.46. The number of hydrogen-bond donors (Lipinski definition) is 0. The van der Waals surface area contributed by atoms with Gasteiger partial charge in [0.2, 0.25) is 0 Å². The minimum atomic E-state index is -0.324. The summed E-state index contributed by atoms with van der Waals surface area (Å²) in [5.41, 5.74) is 0.857. The van der Waals surface area contributed by atoms with Crippen LogP contribution in [0.15, 0.2) is 6.07 Å². The van der Waals surface area contributed by atoms with Crippen molar-refractivity contribution in [3.8, 4) is 0 Å². The Morgan fingerprint density at radius 3 is 3.09 bits per heavy atom. The predicted octanol–water partition coefficient (Wildman–Crippen LogP) is 1.82. The van der Waals surface area contributed by atoms with Gasteiger partial charge in [0.05, 0.1) is 12.8 Å². The number of alkyl halides is 1. The number of esters is 1. The number of carbonyl (C=O) groups is 1. The number of ether oxygens (including phenoxy) is 1. The highest BCUT2D eigenvalue weighted by Gasteiger charge is 2.08. The molecule has 1 rings (SSSR count). The van der Waals surface area contributed by atoms with Crippen LogP contribution < -0.4 is 0 Å². The van der Waals surface area contributed by atoms with Crippen LogP contribution in [0.2, 0.25) is 0 Å². The van der Waals surface area contributed by atoms with Gasteiger partial charge in [-0.25, -0.2) is 4.79 Å². The maximum absolute atomic E-state index is 10.9. The molecule has 5 heteroatoms. The Morgan fingerprint density at radius 1 is 1.91 bits per heavy atom. The van der Waals surface area contributed by atoms with E-state index in [9.17, 15) is 4.79 Å². The summed E-state index contributed by atoms with van der Waals surface area (Å²) in [6.45, 7) is 0. The van der Waals surface area contributed by atoms with Gasteiger partial charge in [-0.2, -0.15) is 4.37 Å². The van der Waals surface area contributed by atoms with E-state index in [1.54, 1.807) is 6.07 Å². The summed E-state index contributed by atoms with van der Waals surface area (Å²) >= 11 is 4.39. The number of hydrogen-bond acceptors (Lipinski definition) is 4. The molecule has 0 saturated carbocycles. The maximum Gasteiger partial charge on any atom is 0.349 e. The normalized spacial score (nSPS) is 9.64. The van der Waals surface area contributed by atoms with Gasteiger partial charge in [-0.1, -0.05) is 15.9 Å². The predicted molar refractivity (Wildman–Crippen MR) is 46.1 cm³/mol. The minimum absolute atomic E-state index is 0.324. The monoisotopic (exact) mass is 235 g/mol. The van der Waals surface area contributed by atoms with Gasteiger partial charge < -0.3 is 4.74 Å². The van der Waals surface area contributed by atoms with E-state index >= 15 is 0 Å². The first-order chi connectivity index (χ1) is 5.27. The molecule has 0 unspecified atom stereocenters. The lowest BCUT2D eigenvalue weighted by Gasteiger charge is -1.89. The van der Waals surface area contributed by atoms with Crippen LogP contribution in [-0.2, 0) is 10.1 Å². The lowest BCUT2D eigenvalue weighted by molar-refractivity contribution is 0.0606. The number of nitrogens with zero attached hydrogens (tertiary/aromatic N) is 1. The Kier molecular flexibility index (Phi) is 3.02. The van der Waals surface area contributed by atoms with E-state index in [0.29, 0.717) is 10.2 Å². The molecular formula is C6H6BrNO2S. The molecule has 0 aromatic carbocycles. The third kappa shape index (κ3) is 2.00. The van der Waals surface area contributed by atoms with Gasteiger partial charge in [-0.05, 0) is 17.6 Å². The zero-order chi connectivity index (χ0) is 8.27. The van der Waals surface area contributed by atoms with Crippen molar-refractivity contribution in [1.82, 2.24) is 4.37 Å². The van der Waals surface area contributed by atoms with Crippen molar-refractivity contribution in [3.05, 3.63) is 16.6 Å². The summed E-state index contributed by atoms with van der Waals surface area (Å²) < 4.78 is 8.51. The first kappa shape index (κ1) is 8.67. The summed E-state index contributed by atoms with van der Waals surface area (Å²) in [6.07, 6.45) is 0. The average Bonchev–Trinajstić information content (AvgIpc) is 2.50. The van der Waals surface area contributed by atoms with Crippen LogP contribution in [0.4, 0.5) is 0 Å². The highest BCUT2D eigenvalue weighted by Crippen LogP contribution is 2.13. The molecule has 0 radical (unpaired) electrons. The second-order valence-corrected chi connectivity index (χ2v) is 3.17. The Labute approximate surface area is 76.7 Å². The minimum Gasteiger partial charge on any atom is -0.465 e. The topological polar surface area (TPSA) is 39.2 Å². The van der Waals surface area contributed by atoms with Gasteiger partial charge in [0.15, 0.2) is 0 Å². The van der Waals surface area contributed by atoms with Crippen LogP contribution in [0.25, 0.3) is 0 Å². The molecule has 0 amide bonds. The van der Waals surface area contributed by atoms with Crippen molar-refractivity contribution in [3.63, 3.8) is 0 Å². The SMILES string of the molecule is COC(=O)c1cc(CBr)ns1.